The Morgan fingerprint density at radius 1 is 1.18 bits per heavy atom. The maximum absolute atomic E-state index is 12.9. The van der Waals surface area contributed by atoms with Crippen LogP contribution in [-0.2, 0) is 11.3 Å². The van der Waals surface area contributed by atoms with Crippen LogP contribution in [0.25, 0.3) is 0 Å². The lowest BCUT2D eigenvalue weighted by Gasteiger charge is -2.41. The molecule has 7 heteroatoms. The zero-order valence-electron chi connectivity index (χ0n) is 20.3. The van der Waals surface area contributed by atoms with Crippen LogP contribution in [0.1, 0.15) is 65.3 Å². The highest BCUT2D eigenvalue weighted by Gasteiger charge is 2.33. The maximum Gasteiger partial charge on any atom is 0.255 e. The van der Waals surface area contributed by atoms with Crippen molar-refractivity contribution in [2.45, 2.75) is 59.0 Å². The molecule has 1 unspecified atom stereocenters. The number of anilines is 1. The first-order chi connectivity index (χ1) is 16.4. The van der Waals surface area contributed by atoms with Crippen LogP contribution in [0.2, 0.25) is 0 Å². The Labute approximate surface area is 201 Å². The van der Waals surface area contributed by atoms with Gasteiger partial charge in [-0.3, -0.25) is 19.5 Å². The SMILES string of the molecule is Cc1cc(C(=O)Nc2cc(C#N)cc(CN3CCN(C(=O)C4CCCC4)C(C)C3)c2C)ccn1. The second-order valence-corrected chi connectivity index (χ2v) is 9.66. The van der Waals surface area contributed by atoms with Gasteiger partial charge in [-0.1, -0.05) is 12.8 Å². The minimum atomic E-state index is -0.220. The van der Waals surface area contributed by atoms with Crippen LogP contribution in [0.15, 0.2) is 30.5 Å². The Morgan fingerprint density at radius 2 is 1.94 bits per heavy atom. The molecule has 0 radical (unpaired) electrons. The fourth-order valence-electron chi connectivity index (χ4n) is 5.17. The van der Waals surface area contributed by atoms with Crippen molar-refractivity contribution in [2.75, 3.05) is 25.0 Å². The van der Waals surface area contributed by atoms with E-state index in [4.69, 9.17) is 0 Å². The van der Waals surface area contributed by atoms with E-state index in [9.17, 15) is 14.9 Å². The summed E-state index contributed by atoms with van der Waals surface area (Å²) in [5.74, 6) is 0.310. The topological polar surface area (TPSA) is 89.3 Å². The van der Waals surface area contributed by atoms with Crippen molar-refractivity contribution in [2.24, 2.45) is 5.92 Å². The summed E-state index contributed by atoms with van der Waals surface area (Å²) in [5, 5.41) is 12.6. The van der Waals surface area contributed by atoms with Gasteiger partial charge in [-0.25, -0.2) is 0 Å². The number of aryl methyl sites for hydroxylation is 1. The predicted octanol–water partition coefficient (Wildman–Crippen LogP) is 4.05. The molecular formula is C27H33N5O2. The minimum absolute atomic E-state index is 0.162. The maximum atomic E-state index is 12.9. The van der Waals surface area contributed by atoms with E-state index < -0.39 is 0 Å². The highest BCUT2D eigenvalue weighted by molar-refractivity contribution is 6.04. The number of nitriles is 1. The molecule has 4 rings (SSSR count). The Balaban J connectivity index is 1.46. The van der Waals surface area contributed by atoms with E-state index in [2.05, 4.69) is 33.1 Å². The molecule has 1 aliphatic heterocycles. The van der Waals surface area contributed by atoms with Crippen LogP contribution in [-0.4, -0.2) is 52.3 Å². The van der Waals surface area contributed by atoms with Crippen molar-refractivity contribution in [1.82, 2.24) is 14.8 Å². The third kappa shape index (κ3) is 5.28. The lowest BCUT2D eigenvalue weighted by atomic mass is 10.0. The van der Waals surface area contributed by atoms with Crippen LogP contribution in [0.5, 0.6) is 0 Å². The largest absolute Gasteiger partial charge is 0.337 e. The number of benzene rings is 1. The zero-order chi connectivity index (χ0) is 24.2. The number of nitrogens with zero attached hydrogens (tertiary/aromatic N) is 4. The third-order valence-electron chi connectivity index (χ3n) is 7.14. The number of pyridine rings is 1. The molecule has 0 bridgehead atoms. The summed E-state index contributed by atoms with van der Waals surface area (Å²) in [6, 6.07) is 9.44. The van der Waals surface area contributed by atoms with E-state index in [1.807, 2.05) is 19.9 Å². The fourth-order valence-corrected chi connectivity index (χ4v) is 5.17. The van der Waals surface area contributed by atoms with Crippen LogP contribution in [0.3, 0.4) is 0 Å². The molecule has 2 heterocycles. The quantitative estimate of drug-likeness (QED) is 0.729. The van der Waals surface area contributed by atoms with Crippen molar-refractivity contribution in [1.29, 1.82) is 5.26 Å². The van der Waals surface area contributed by atoms with Gasteiger partial charge in [0, 0.05) is 61.3 Å². The highest BCUT2D eigenvalue weighted by Crippen LogP contribution is 2.29. The smallest absolute Gasteiger partial charge is 0.255 e. The predicted molar refractivity (Wildman–Crippen MR) is 131 cm³/mol. The molecule has 1 atom stereocenters. The monoisotopic (exact) mass is 459 g/mol. The average Bonchev–Trinajstić information content (AvgIpc) is 3.36. The van der Waals surface area contributed by atoms with Crippen LogP contribution in [0, 0.1) is 31.1 Å². The number of hydrogen-bond donors (Lipinski definition) is 1. The molecule has 2 fully saturated rings. The molecule has 1 saturated carbocycles. The first-order valence-electron chi connectivity index (χ1n) is 12.2. The second kappa shape index (κ2) is 10.4. The number of hydrogen-bond acceptors (Lipinski definition) is 5. The first-order valence-corrected chi connectivity index (χ1v) is 12.2. The fraction of sp³-hybridized carbons (Fsp3) is 0.481. The molecule has 1 aromatic heterocycles. The number of carbonyl (C=O) groups excluding carboxylic acids is 2. The summed E-state index contributed by atoms with van der Waals surface area (Å²) < 4.78 is 0. The summed E-state index contributed by atoms with van der Waals surface area (Å²) >= 11 is 0. The second-order valence-electron chi connectivity index (χ2n) is 9.66. The van der Waals surface area contributed by atoms with Gasteiger partial charge < -0.3 is 10.2 Å². The Kier molecular flexibility index (Phi) is 7.28. The van der Waals surface area contributed by atoms with E-state index >= 15 is 0 Å². The summed E-state index contributed by atoms with van der Waals surface area (Å²) in [6.45, 7) is 8.96. The molecule has 1 saturated heterocycles. The van der Waals surface area contributed by atoms with Crippen molar-refractivity contribution in [3.63, 3.8) is 0 Å². The number of amides is 2. The van der Waals surface area contributed by atoms with Gasteiger partial charge in [-0.2, -0.15) is 5.26 Å². The Bertz CT molecular complexity index is 1120. The van der Waals surface area contributed by atoms with Gasteiger partial charge in [0.05, 0.1) is 11.6 Å². The number of aromatic nitrogens is 1. The summed E-state index contributed by atoms with van der Waals surface area (Å²) in [6.07, 6.45) is 6.00. The van der Waals surface area contributed by atoms with Gasteiger partial charge in [-0.15, -0.1) is 0 Å². The molecular weight excluding hydrogens is 426 g/mol. The van der Waals surface area contributed by atoms with Crippen LogP contribution >= 0.6 is 0 Å². The van der Waals surface area contributed by atoms with Crippen LogP contribution in [0.4, 0.5) is 5.69 Å². The van der Waals surface area contributed by atoms with Crippen molar-refractivity contribution < 1.29 is 9.59 Å². The number of piperazine rings is 1. The van der Waals surface area contributed by atoms with Gasteiger partial charge in [-0.05, 0) is 69.0 Å². The standard InChI is InChI=1S/C27H33N5O2/c1-18-12-23(8-9-29-18)26(33)30-25-14-21(15-28)13-24(20(25)3)17-31-10-11-32(19(2)16-31)27(34)22-6-4-5-7-22/h8-9,12-14,19,22H,4-7,10-11,16-17H2,1-3H3,(H,30,33). The van der Waals surface area contributed by atoms with E-state index in [1.165, 1.54) is 12.8 Å². The summed E-state index contributed by atoms with van der Waals surface area (Å²) in [4.78, 5) is 34.3. The van der Waals surface area contributed by atoms with Gasteiger partial charge in [0.2, 0.25) is 5.91 Å². The Hall–Kier alpha value is -3.24. The molecule has 2 aliphatic rings. The zero-order valence-corrected chi connectivity index (χ0v) is 20.3. The molecule has 7 nitrogen and oxygen atoms in total. The first kappa shape index (κ1) is 23.9. The molecule has 1 aromatic carbocycles. The molecule has 34 heavy (non-hydrogen) atoms. The van der Waals surface area contributed by atoms with E-state index in [-0.39, 0.29) is 17.9 Å². The van der Waals surface area contributed by atoms with Gasteiger partial charge in [0.1, 0.15) is 0 Å². The molecule has 1 N–H and O–H groups in total. The lowest BCUT2D eigenvalue weighted by molar-refractivity contribution is -0.140. The van der Waals surface area contributed by atoms with Crippen molar-refractivity contribution in [3.8, 4) is 6.07 Å². The van der Waals surface area contributed by atoms with Crippen LogP contribution < -0.4 is 5.32 Å². The van der Waals surface area contributed by atoms with E-state index in [0.29, 0.717) is 29.3 Å². The molecule has 0 spiro atoms. The van der Waals surface area contributed by atoms with Gasteiger partial charge >= 0.3 is 0 Å². The third-order valence-corrected chi connectivity index (χ3v) is 7.14. The van der Waals surface area contributed by atoms with Crippen molar-refractivity contribution >= 4 is 17.5 Å². The molecule has 178 valence electrons. The normalized spacial score (nSPS) is 19.1. The average molecular weight is 460 g/mol. The lowest BCUT2D eigenvalue weighted by Crippen LogP contribution is -2.54. The van der Waals surface area contributed by atoms with Gasteiger partial charge in [0.25, 0.3) is 5.91 Å². The number of rotatable bonds is 5. The summed E-state index contributed by atoms with van der Waals surface area (Å²) in [7, 11) is 0. The molecule has 2 amide bonds. The number of carbonyl (C=O) groups is 2. The van der Waals surface area contributed by atoms with E-state index in [1.54, 1.807) is 24.4 Å². The summed E-state index contributed by atoms with van der Waals surface area (Å²) in [5.41, 5.74) is 4.45. The van der Waals surface area contributed by atoms with E-state index in [0.717, 1.165) is 49.3 Å². The molecule has 2 aromatic rings. The van der Waals surface area contributed by atoms with Crippen molar-refractivity contribution in [3.05, 3.63) is 58.4 Å². The number of nitrogens with one attached hydrogen (secondary N) is 1. The van der Waals surface area contributed by atoms with Gasteiger partial charge in [0.15, 0.2) is 0 Å². The highest BCUT2D eigenvalue weighted by atomic mass is 16.2. The Morgan fingerprint density at radius 3 is 2.62 bits per heavy atom. The minimum Gasteiger partial charge on any atom is -0.337 e. The molecule has 1 aliphatic carbocycles.